The molecule has 1 N–H and O–H groups in total. The van der Waals surface area contributed by atoms with Crippen LogP contribution in [0.4, 0.5) is 0 Å². The molecule has 0 spiro atoms. The van der Waals surface area contributed by atoms with Gasteiger partial charge in [-0.05, 0) is 25.8 Å². The zero-order valence-corrected chi connectivity index (χ0v) is 11.1. The lowest BCUT2D eigenvalue weighted by atomic mass is 10.3. The minimum atomic E-state index is 0.830. The Kier molecular flexibility index (Phi) is 14.8. The highest BCUT2D eigenvalue weighted by Gasteiger charge is 1.90. The van der Waals surface area contributed by atoms with Gasteiger partial charge in [0.15, 0.2) is 0 Å². The lowest BCUT2D eigenvalue weighted by Gasteiger charge is -2.06. The van der Waals surface area contributed by atoms with Crippen LogP contribution in [0.25, 0.3) is 0 Å². The number of rotatable bonds is 13. The minimum Gasteiger partial charge on any atom is -0.381 e. The van der Waals surface area contributed by atoms with Crippen molar-refractivity contribution >= 4 is 0 Å². The van der Waals surface area contributed by atoms with Gasteiger partial charge in [0.1, 0.15) is 0 Å². The zero-order chi connectivity index (χ0) is 11.9. The van der Waals surface area contributed by atoms with E-state index in [-0.39, 0.29) is 0 Å². The highest BCUT2D eigenvalue weighted by atomic mass is 16.5. The predicted octanol–water partition coefficient (Wildman–Crippen LogP) is 2.60. The third-order valence-corrected chi connectivity index (χ3v) is 2.35. The molecule has 0 radical (unpaired) electrons. The van der Waals surface area contributed by atoms with Crippen LogP contribution in [0.3, 0.4) is 0 Å². The number of unbranched alkanes of at least 4 members (excludes halogenated alkanes) is 2. The maximum atomic E-state index is 5.46. The average Bonchev–Trinajstić information content (AvgIpc) is 2.31. The van der Waals surface area contributed by atoms with Crippen molar-refractivity contribution in [2.45, 2.75) is 46.0 Å². The molecule has 98 valence electrons. The van der Waals surface area contributed by atoms with Crippen LogP contribution in [0, 0.1) is 0 Å². The summed E-state index contributed by atoms with van der Waals surface area (Å²) < 4.78 is 10.9. The molecule has 0 amide bonds. The van der Waals surface area contributed by atoms with Crippen molar-refractivity contribution in [3.05, 3.63) is 0 Å². The van der Waals surface area contributed by atoms with Gasteiger partial charge in [0, 0.05) is 26.4 Å². The van der Waals surface area contributed by atoms with E-state index in [1.54, 1.807) is 0 Å². The summed E-state index contributed by atoms with van der Waals surface area (Å²) in [6.45, 7) is 9.88. The normalized spacial score (nSPS) is 10.9. The van der Waals surface area contributed by atoms with Crippen LogP contribution in [0.2, 0.25) is 0 Å². The van der Waals surface area contributed by atoms with E-state index >= 15 is 0 Å². The van der Waals surface area contributed by atoms with Gasteiger partial charge in [0.25, 0.3) is 0 Å². The average molecular weight is 231 g/mol. The van der Waals surface area contributed by atoms with Crippen molar-refractivity contribution in [2.24, 2.45) is 0 Å². The fourth-order valence-electron chi connectivity index (χ4n) is 1.27. The van der Waals surface area contributed by atoms with Gasteiger partial charge in [0.2, 0.25) is 0 Å². The molecule has 0 atom stereocenters. The van der Waals surface area contributed by atoms with E-state index in [9.17, 15) is 0 Å². The Morgan fingerprint density at radius 1 is 0.688 bits per heavy atom. The summed E-state index contributed by atoms with van der Waals surface area (Å²) in [6.07, 6.45) is 5.87. The van der Waals surface area contributed by atoms with E-state index < -0.39 is 0 Å². The van der Waals surface area contributed by atoms with Crippen molar-refractivity contribution in [3.8, 4) is 0 Å². The molecule has 0 fully saturated rings. The van der Waals surface area contributed by atoms with Crippen LogP contribution in [0.5, 0.6) is 0 Å². The molecule has 16 heavy (non-hydrogen) atoms. The molecule has 0 aliphatic rings. The van der Waals surface area contributed by atoms with Crippen molar-refractivity contribution in [2.75, 3.05) is 39.5 Å². The van der Waals surface area contributed by atoms with Crippen LogP contribution in [0.1, 0.15) is 46.0 Å². The zero-order valence-electron chi connectivity index (χ0n) is 11.1. The summed E-state index contributed by atoms with van der Waals surface area (Å²) in [4.78, 5) is 0. The minimum absolute atomic E-state index is 0.830. The largest absolute Gasteiger partial charge is 0.381 e. The number of nitrogens with one attached hydrogen (secondary N) is 1. The van der Waals surface area contributed by atoms with E-state index in [1.807, 2.05) is 0 Å². The maximum absolute atomic E-state index is 5.46. The lowest BCUT2D eigenvalue weighted by molar-refractivity contribution is 0.122. The third-order valence-electron chi connectivity index (χ3n) is 2.35. The summed E-state index contributed by atoms with van der Waals surface area (Å²) in [5.74, 6) is 0. The summed E-state index contributed by atoms with van der Waals surface area (Å²) in [5, 5.41) is 3.35. The first-order valence-electron chi connectivity index (χ1n) is 6.78. The lowest BCUT2D eigenvalue weighted by Crippen LogP contribution is -2.22. The molecular formula is C13H29NO2. The smallest absolute Gasteiger partial charge is 0.0590 e. The van der Waals surface area contributed by atoms with Crippen molar-refractivity contribution in [1.82, 2.24) is 5.32 Å². The third kappa shape index (κ3) is 13.9. The van der Waals surface area contributed by atoms with E-state index in [4.69, 9.17) is 9.47 Å². The maximum Gasteiger partial charge on any atom is 0.0590 e. The fourth-order valence-corrected chi connectivity index (χ4v) is 1.27. The van der Waals surface area contributed by atoms with Gasteiger partial charge in [-0.1, -0.05) is 26.7 Å². The van der Waals surface area contributed by atoms with Gasteiger partial charge in [-0.15, -0.1) is 0 Å². The summed E-state index contributed by atoms with van der Waals surface area (Å²) in [5.41, 5.74) is 0. The van der Waals surface area contributed by atoms with Gasteiger partial charge >= 0.3 is 0 Å². The number of hydrogen-bond donors (Lipinski definition) is 1. The van der Waals surface area contributed by atoms with Crippen LogP contribution in [0.15, 0.2) is 0 Å². The van der Waals surface area contributed by atoms with E-state index in [2.05, 4.69) is 19.2 Å². The number of hydrogen-bond acceptors (Lipinski definition) is 3. The summed E-state index contributed by atoms with van der Waals surface area (Å²) >= 11 is 0. The van der Waals surface area contributed by atoms with Gasteiger partial charge < -0.3 is 14.8 Å². The van der Waals surface area contributed by atoms with Crippen LogP contribution < -0.4 is 5.32 Å². The molecule has 3 nitrogen and oxygen atoms in total. The second-order valence-electron chi connectivity index (χ2n) is 4.04. The SMILES string of the molecule is CCCCOCCCNCCOCCCC. The molecule has 0 bridgehead atoms. The first kappa shape index (κ1) is 15.9. The second kappa shape index (κ2) is 14.9. The highest BCUT2D eigenvalue weighted by molar-refractivity contribution is 4.46. The fraction of sp³-hybridized carbons (Fsp3) is 1.00. The first-order chi connectivity index (χ1) is 7.91. The van der Waals surface area contributed by atoms with E-state index in [0.29, 0.717) is 0 Å². The Bertz CT molecular complexity index is 107. The molecule has 0 aliphatic carbocycles. The van der Waals surface area contributed by atoms with Gasteiger partial charge in [-0.2, -0.15) is 0 Å². The molecule has 0 aliphatic heterocycles. The van der Waals surface area contributed by atoms with Crippen molar-refractivity contribution in [1.29, 1.82) is 0 Å². The monoisotopic (exact) mass is 231 g/mol. The van der Waals surface area contributed by atoms with Crippen molar-refractivity contribution < 1.29 is 9.47 Å². The number of ether oxygens (including phenoxy) is 2. The van der Waals surface area contributed by atoms with E-state index in [1.165, 1.54) is 25.7 Å². The van der Waals surface area contributed by atoms with Gasteiger partial charge in [-0.25, -0.2) is 0 Å². The molecule has 3 heteroatoms. The standard InChI is InChI=1S/C13H29NO2/c1-3-5-10-15-12-7-8-14-9-13-16-11-6-4-2/h14H,3-13H2,1-2H3. The molecule has 0 saturated carbocycles. The van der Waals surface area contributed by atoms with Gasteiger partial charge in [-0.3, -0.25) is 0 Å². The molecule has 0 aromatic carbocycles. The van der Waals surface area contributed by atoms with Crippen LogP contribution in [-0.4, -0.2) is 39.5 Å². The molecule has 0 aromatic rings. The van der Waals surface area contributed by atoms with Crippen LogP contribution >= 0.6 is 0 Å². The summed E-state index contributed by atoms with van der Waals surface area (Å²) in [6, 6.07) is 0. The molecule has 0 heterocycles. The van der Waals surface area contributed by atoms with Crippen molar-refractivity contribution in [3.63, 3.8) is 0 Å². The van der Waals surface area contributed by atoms with E-state index in [0.717, 1.165) is 45.9 Å². The molecule has 0 aromatic heterocycles. The Labute approximate surface area is 101 Å². The molecule has 0 unspecified atom stereocenters. The van der Waals surface area contributed by atoms with Gasteiger partial charge in [0.05, 0.1) is 6.61 Å². The first-order valence-corrected chi connectivity index (χ1v) is 6.78. The molecular weight excluding hydrogens is 202 g/mol. The Hall–Kier alpha value is -0.120. The predicted molar refractivity (Wildman–Crippen MR) is 68.9 cm³/mol. The summed E-state index contributed by atoms with van der Waals surface area (Å²) in [7, 11) is 0. The quantitative estimate of drug-likeness (QED) is 0.494. The highest BCUT2D eigenvalue weighted by Crippen LogP contribution is 1.89. The molecule has 0 saturated heterocycles. The molecule has 0 rings (SSSR count). The Balaban J connectivity index is 2.83. The second-order valence-corrected chi connectivity index (χ2v) is 4.04. The topological polar surface area (TPSA) is 30.5 Å². The Morgan fingerprint density at radius 3 is 1.88 bits per heavy atom. The van der Waals surface area contributed by atoms with Crippen LogP contribution in [-0.2, 0) is 9.47 Å². The Morgan fingerprint density at radius 2 is 1.25 bits per heavy atom.